The van der Waals surface area contributed by atoms with Gasteiger partial charge in [0.2, 0.25) is 11.8 Å². The maximum Gasteiger partial charge on any atom is 0.243 e. The van der Waals surface area contributed by atoms with Gasteiger partial charge in [0.25, 0.3) is 0 Å². The molecule has 1 N–H and O–H groups in total. The highest BCUT2D eigenvalue weighted by Gasteiger charge is 2.31. The Morgan fingerprint density at radius 3 is 2.29 bits per heavy atom. The van der Waals surface area contributed by atoms with E-state index < -0.39 is 6.04 Å². The SMILES string of the molecule is CC[C@H](C)NC(=O)[C@H](Cc1ccccc1)N(Cc1ccc(Cl)c(Cl)c1)C(=O)CSCc1ccc(Cl)cc1Cl. The van der Waals surface area contributed by atoms with Gasteiger partial charge in [-0.3, -0.25) is 9.59 Å². The van der Waals surface area contributed by atoms with Crippen molar-refractivity contribution >= 4 is 70.0 Å². The Hall–Kier alpha value is -1.89. The van der Waals surface area contributed by atoms with Gasteiger partial charge in [0, 0.05) is 34.8 Å². The van der Waals surface area contributed by atoms with Crippen LogP contribution in [0.4, 0.5) is 0 Å². The van der Waals surface area contributed by atoms with Gasteiger partial charge in [-0.15, -0.1) is 11.8 Å². The number of thioether (sulfide) groups is 1. The van der Waals surface area contributed by atoms with Crippen LogP contribution in [0.25, 0.3) is 0 Å². The first-order chi connectivity index (χ1) is 18.2. The molecule has 0 aliphatic rings. The highest BCUT2D eigenvalue weighted by Crippen LogP contribution is 2.27. The summed E-state index contributed by atoms with van der Waals surface area (Å²) >= 11 is 26.2. The number of carbonyl (C=O) groups excluding carboxylic acids is 2. The molecule has 0 radical (unpaired) electrons. The number of hydrogen-bond acceptors (Lipinski definition) is 3. The van der Waals surface area contributed by atoms with Crippen molar-refractivity contribution in [1.29, 1.82) is 0 Å². The standard InChI is InChI=1S/C29H30Cl4N2O2S/c1-3-19(2)34-29(37)27(14-20-7-5-4-6-8-20)35(16-21-9-12-24(31)26(33)13-21)28(36)18-38-17-22-10-11-23(30)15-25(22)32/h4-13,15,19,27H,3,14,16-18H2,1-2H3,(H,34,37)/t19-,27-/m0/s1. The molecule has 4 nitrogen and oxygen atoms in total. The van der Waals surface area contributed by atoms with Gasteiger partial charge in [0.15, 0.2) is 0 Å². The first-order valence-corrected chi connectivity index (χ1v) is 14.9. The van der Waals surface area contributed by atoms with Crippen LogP contribution in [-0.4, -0.2) is 34.6 Å². The normalized spacial score (nSPS) is 12.6. The fraction of sp³-hybridized carbons (Fsp3) is 0.310. The number of hydrogen-bond donors (Lipinski definition) is 1. The van der Waals surface area contributed by atoms with E-state index in [4.69, 9.17) is 46.4 Å². The zero-order chi connectivity index (χ0) is 27.7. The average Bonchev–Trinajstić information content (AvgIpc) is 2.89. The van der Waals surface area contributed by atoms with Crippen molar-refractivity contribution < 1.29 is 9.59 Å². The number of amides is 2. The lowest BCUT2D eigenvalue weighted by atomic mass is 10.0. The zero-order valence-electron chi connectivity index (χ0n) is 21.2. The van der Waals surface area contributed by atoms with Crippen molar-refractivity contribution in [3.8, 4) is 0 Å². The minimum absolute atomic E-state index is 0.0240. The van der Waals surface area contributed by atoms with Crippen molar-refractivity contribution in [2.75, 3.05) is 5.75 Å². The van der Waals surface area contributed by atoms with Gasteiger partial charge in [-0.1, -0.05) is 95.8 Å². The number of carbonyl (C=O) groups is 2. The summed E-state index contributed by atoms with van der Waals surface area (Å²) in [6.07, 6.45) is 1.16. The fourth-order valence-electron chi connectivity index (χ4n) is 3.80. The minimum Gasteiger partial charge on any atom is -0.352 e. The molecule has 0 aliphatic carbocycles. The molecule has 0 spiro atoms. The molecule has 0 saturated heterocycles. The van der Waals surface area contributed by atoms with Gasteiger partial charge in [-0.2, -0.15) is 0 Å². The Kier molecular flexibility index (Phi) is 12.1. The summed E-state index contributed by atoms with van der Waals surface area (Å²) in [5.74, 6) is 0.348. The number of benzene rings is 3. The number of halogens is 4. The maximum absolute atomic E-state index is 13.7. The smallest absolute Gasteiger partial charge is 0.243 e. The van der Waals surface area contributed by atoms with Crippen LogP contribution in [-0.2, 0) is 28.3 Å². The van der Waals surface area contributed by atoms with Gasteiger partial charge in [0.1, 0.15) is 6.04 Å². The molecular weight excluding hydrogens is 582 g/mol. The maximum atomic E-state index is 13.7. The average molecular weight is 612 g/mol. The Morgan fingerprint density at radius 2 is 1.63 bits per heavy atom. The van der Waals surface area contributed by atoms with Gasteiger partial charge < -0.3 is 10.2 Å². The van der Waals surface area contributed by atoms with Crippen LogP contribution < -0.4 is 5.32 Å². The van der Waals surface area contributed by atoms with E-state index in [1.807, 2.05) is 56.3 Å². The van der Waals surface area contributed by atoms with Crippen molar-refractivity contribution in [3.05, 3.63) is 104 Å². The predicted molar refractivity (Wildman–Crippen MR) is 161 cm³/mol. The lowest BCUT2D eigenvalue weighted by Gasteiger charge is -2.32. The van der Waals surface area contributed by atoms with E-state index in [2.05, 4.69) is 5.32 Å². The molecule has 0 unspecified atom stereocenters. The molecule has 9 heteroatoms. The molecule has 38 heavy (non-hydrogen) atoms. The molecule has 0 aliphatic heterocycles. The molecule has 0 bridgehead atoms. The van der Waals surface area contributed by atoms with E-state index in [0.717, 1.165) is 23.1 Å². The molecule has 0 fully saturated rings. The largest absolute Gasteiger partial charge is 0.352 e. The van der Waals surface area contributed by atoms with Gasteiger partial charge in [0.05, 0.1) is 15.8 Å². The molecule has 0 saturated carbocycles. The van der Waals surface area contributed by atoms with E-state index in [9.17, 15) is 9.59 Å². The summed E-state index contributed by atoms with van der Waals surface area (Å²) in [4.78, 5) is 28.9. The predicted octanol–water partition coefficient (Wildman–Crippen LogP) is 8.09. The van der Waals surface area contributed by atoms with Crippen LogP contribution in [0.2, 0.25) is 20.1 Å². The number of nitrogens with zero attached hydrogens (tertiary/aromatic N) is 1. The quantitative estimate of drug-likeness (QED) is 0.225. The second-order valence-corrected chi connectivity index (χ2v) is 11.7. The molecular formula is C29H30Cl4N2O2S. The highest BCUT2D eigenvalue weighted by molar-refractivity contribution is 7.99. The van der Waals surface area contributed by atoms with E-state index in [0.29, 0.717) is 32.3 Å². The molecule has 3 aromatic carbocycles. The number of rotatable bonds is 12. The van der Waals surface area contributed by atoms with Crippen molar-refractivity contribution in [2.24, 2.45) is 0 Å². The van der Waals surface area contributed by atoms with E-state index in [-0.39, 0.29) is 30.2 Å². The van der Waals surface area contributed by atoms with Gasteiger partial charge in [-0.25, -0.2) is 0 Å². The summed E-state index contributed by atoms with van der Waals surface area (Å²) in [6.45, 7) is 4.17. The second kappa shape index (κ2) is 15.0. The summed E-state index contributed by atoms with van der Waals surface area (Å²) in [5, 5.41) is 5.01. The van der Waals surface area contributed by atoms with Crippen LogP contribution in [0.15, 0.2) is 66.7 Å². The van der Waals surface area contributed by atoms with Crippen LogP contribution >= 0.6 is 58.2 Å². The van der Waals surface area contributed by atoms with Crippen LogP contribution in [0, 0.1) is 0 Å². The number of nitrogens with one attached hydrogen (secondary N) is 1. The first kappa shape index (κ1) is 30.6. The monoisotopic (exact) mass is 610 g/mol. The minimum atomic E-state index is -0.715. The van der Waals surface area contributed by atoms with Gasteiger partial charge in [-0.05, 0) is 54.3 Å². The third kappa shape index (κ3) is 9.10. The van der Waals surface area contributed by atoms with Crippen LogP contribution in [0.1, 0.15) is 37.0 Å². The lowest BCUT2D eigenvalue weighted by molar-refractivity contribution is -0.139. The molecule has 0 heterocycles. The summed E-state index contributed by atoms with van der Waals surface area (Å²) < 4.78 is 0. The second-order valence-electron chi connectivity index (χ2n) is 9.02. The van der Waals surface area contributed by atoms with Crippen molar-refractivity contribution in [1.82, 2.24) is 10.2 Å². The van der Waals surface area contributed by atoms with Crippen LogP contribution in [0.5, 0.6) is 0 Å². The van der Waals surface area contributed by atoms with Crippen molar-refractivity contribution in [3.63, 3.8) is 0 Å². The van der Waals surface area contributed by atoms with Crippen LogP contribution in [0.3, 0.4) is 0 Å². The lowest BCUT2D eigenvalue weighted by Crippen LogP contribution is -2.52. The zero-order valence-corrected chi connectivity index (χ0v) is 25.1. The van der Waals surface area contributed by atoms with E-state index >= 15 is 0 Å². The third-order valence-electron chi connectivity index (χ3n) is 6.11. The summed E-state index contributed by atoms with van der Waals surface area (Å²) in [6, 6.07) is 19.5. The first-order valence-electron chi connectivity index (χ1n) is 12.3. The summed E-state index contributed by atoms with van der Waals surface area (Å²) in [5.41, 5.74) is 2.64. The molecule has 2 atom stereocenters. The molecule has 3 aromatic rings. The topological polar surface area (TPSA) is 49.4 Å². The molecule has 2 amide bonds. The molecule has 202 valence electrons. The van der Waals surface area contributed by atoms with Gasteiger partial charge >= 0.3 is 0 Å². The fourth-order valence-corrected chi connectivity index (χ4v) is 5.59. The Labute approximate surface area is 249 Å². The molecule has 0 aromatic heterocycles. The summed E-state index contributed by atoms with van der Waals surface area (Å²) in [7, 11) is 0. The van der Waals surface area contributed by atoms with Crippen molar-refractivity contribution in [2.45, 2.75) is 51.1 Å². The molecule has 3 rings (SSSR count). The Balaban J connectivity index is 1.88. The Morgan fingerprint density at radius 1 is 0.895 bits per heavy atom. The third-order valence-corrected chi connectivity index (χ3v) is 8.40. The Bertz CT molecular complexity index is 1240. The van der Waals surface area contributed by atoms with E-state index in [1.165, 1.54) is 11.8 Å². The highest BCUT2D eigenvalue weighted by atomic mass is 35.5. The van der Waals surface area contributed by atoms with E-state index in [1.54, 1.807) is 29.2 Å².